The summed E-state index contributed by atoms with van der Waals surface area (Å²) < 4.78 is 10.9. The van der Waals surface area contributed by atoms with E-state index >= 15 is 0 Å². The summed E-state index contributed by atoms with van der Waals surface area (Å²) in [4.78, 5) is 24.3. The van der Waals surface area contributed by atoms with Gasteiger partial charge in [-0.1, -0.05) is 24.2 Å². The number of aryl methyl sites for hydroxylation is 1. The zero-order valence-electron chi connectivity index (χ0n) is 15.7. The maximum atomic E-state index is 12.4. The molecule has 0 unspecified atom stereocenters. The van der Waals surface area contributed by atoms with Crippen molar-refractivity contribution in [3.05, 3.63) is 52.9 Å². The summed E-state index contributed by atoms with van der Waals surface area (Å²) in [5.41, 5.74) is 2.38. The van der Waals surface area contributed by atoms with E-state index in [0.717, 1.165) is 30.5 Å². The van der Waals surface area contributed by atoms with Gasteiger partial charge in [-0.2, -0.15) is 0 Å². The van der Waals surface area contributed by atoms with Gasteiger partial charge in [-0.3, -0.25) is 4.79 Å². The highest BCUT2D eigenvalue weighted by molar-refractivity contribution is 5.94. The molecule has 2 aromatic rings. The van der Waals surface area contributed by atoms with Crippen LogP contribution in [0.2, 0.25) is 0 Å². The number of hydrogen-bond acceptors (Lipinski definition) is 5. The van der Waals surface area contributed by atoms with Crippen LogP contribution in [0.1, 0.15) is 53.2 Å². The lowest BCUT2D eigenvalue weighted by Gasteiger charge is -2.41. The highest BCUT2D eigenvalue weighted by atomic mass is 16.5. The van der Waals surface area contributed by atoms with Crippen LogP contribution in [0.15, 0.2) is 34.9 Å². The highest BCUT2D eigenvalue weighted by Gasteiger charge is 2.39. The highest BCUT2D eigenvalue weighted by Crippen LogP contribution is 2.34. The largest absolute Gasteiger partial charge is 0.359 e. The summed E-state index contributed by atoms with van der Waals surface area (Å²) in [5.74, 6) is 0.613. The van der Waals surface area contributed by atoms with Gasteiger partial charge in [-0.05, 0) is 37.0 Å². The molecule has 2 saturated heterocycles. The Bertz CT molecular complexity index is 848. The minimum atomic E-state index is -0.259. The predicted molar refractivity (Wildman–Crippen MR) is 100 cm³/mol. The zero-order chi connectivity index (χ0) is 19.5. The number of carbonyl (C=O) groups excluding carboxylic acids is 2. The van der Waals surface area contributed by atoms with Crippen molar-refractivity contribution < 1.29 is 18.8 Å². The first-order valence-corrected chi connectivity index (χ1v) is 9.65. The number of hydrogen-bond donors (Lipinski definition) is 3. The number of fused-ring (bicyclic) bond motifs is 1. The van der Waals surface area contributed by atoms with Crippen molar-refractivity contribution in [1.82, 2.24) is 21.1 Å². The molecule has 3 atom stereocenters. The molecule has 3 heterocycles. The van der Waals surface area contributed by atoms with Crippen LogP contribution in [-0.4, -0.2) is 29.9 Å². The number of amides is 3. The predicted octanol–water partition coefficient (Wildman–Crippen LogP) is 2.27. The van der Waals surface area contributed by atoms with Gasteiger partial charge in [0.15, 0.2) is 5.76 Å². The molecule has 28 heavy (non-hydrogen) atoms. The van der Waals surface area contributed by atoms with E-state index in [4.69, 9.17) is 9.26 Å². The normalized spacial score (nSPS) is 24.0. The van der Waals surface area contributed by atoms with E-state index in [1.165, 1.54) is 0 Å². The van der Waals surface area contributed by atoms with Crippen LogP contribution in [0.5, 0.6) is 0 Å². The number of carbonyl (C=O) groups is 2. The maximum absolute atomic E-state index is 12.4. The lowest BCUT2D eigenvalue weighted by Crippen LogP contribution is -2.58. The van der Waals surface area contributed by atoms with Gasteiger partial charge < -0.3 is 25.2 Å². The molecule has 0 aliphatic carbocycles. The van der Waals surface area contributed by atoms with Gasteiger partial charge in [0.1, 0.15) is 6.23 Å². The quantitative estimate of drug-likeness (QED) is 0.733. The number of nitrogens with one attached hydrogen (secondary N) is 3. The van der Waals surface area contributed by atoms with Gasteiger partial charge in [0.2, 0.25) is 0 Å². The molecule has 8 nitrogen and oxygen atoms in total. The first-order valence-electron chi connectivity index (χ1n) is 9.65. The number of rotatable bonds is 5. The fourth-order valence-electron chi connectivity index (χ4n) is 3.76. The van der Waals surface area contributed by atoms with Crippen molar-refractivity contribution in [1.29, 1.82) is 0 Å². The van der Waals surface area contributed by atoms with Crippen molar-refractivity contribution in [3.8, 4) is 0 Å². The lowest BCUT2D eigenvalue weighted by molar-refractivity contribution is -0.0602. The molecular formula is C20H24N4O4. The fraction of sp³-hybridized carbons (Fsp3) is 0.450. The second-order valence-corrected chi connectivity index (χ2v) is 7.14. The van der Waals surface area contributed by atoms with Crippen molar-refractivity contribution in [2.45, 2.75) is 45.0 Å². The fourth-order valence-corrected chi connectivity index (χ4v) is 3.76. The second kappa shape index (κ2) is 8.02. The Hall–Kier alpha value is -2.87. The van der Waals surface area contributed by atoms with Crippen molar-refractivity contribution >= 4 is 11.9 Å². The van der Waals surface area contributed by atoms with Gasteiger partial charge in [-0.25, -0.2) is 4.79 Å². The molecule has 3 N–H and O–H groups in total. The van der Waals surface area contributed by atoms with Crippen LogP contribution < -0.4 is 16.0 Å². The zero-order valence-corrected chi connectivity index (χ0v) is 15.7. The summed E-state index contributed by atoms with van der Waals surface area (Å²) in [6, 6.07) is 8.81. The molecule has 8 heteroatoms. The van der Waals surface area contributed by atoms with E-state index in [2.05, 4.69) is 21.1 Å². The van der Waals surface area contributed by atoms with Crippen molar-refractivity contribution in [2.75, 3.05) is 6.61 Å². The molecule has 0 saturated carbocycles. The monoisotopic (exact) mass is 384 g/mol. The van der Waals surface area contributed by atoms with E-state index < -0.39 is 0 Å². The van der Waals surface area contributed by atoms with Crippen LogP contribution in [0.25, 0.3) is 0 Å². The summed E-state index contributed by atoms with van der Waals surface area (Å²) in [6.45, 7) is 2.95. The number of ether oxygens (including phenoxy) is 1. The molecule has 2 aliphatic heterocycles. The SMILES string of the molecule is CCc1cc(CNC(=O)c2ccc([C@@H]3NC(=O)N[C@H]4OCCC[C@H]43)cc2)on1. The molecule has 4 rings (SSSR count). The average molecular weight is 384 g/mol. The second-order valence-electron chi connectivity index (χ2n) is 7.14. The number of aromatic nitrogens is 1. The molecule has 0 radical (unpaired) electrons. The number of benzene rings is 1. The topological polar surface area (TPSA) is 105 Å². The number of urea groups is 1. The Morgan fingerprint density at radius 1 is 1.29 bits per heavy atom. The summed E-state index contributed by atoms with van der Waals surface area (Å²) in [7, 11) is 0. The minimum Gasteiger partial charge on any atom is -0.359 e. The van der Waals surface area contributed by atoms with Crippen LogP contribution in [-0.2, 0) is 17.7 Å². The van der Waals surface area contributed by atoms with Gasteiger partial charge in [0, 0.05) is 24.2 Å². The van der Waals surface area contributed by atoms with E-state index in [1.54, 1.807) is 12.1 Å². The molecule has 2 fully saturated rings. The molecule has 1 aromatic heterocycles. The van der Waals surface area contributed by atoms with Crippen LogP contribution in [0.3, 0.4) is 0 Å². The minimum absolute atomic E-state index is 0.127. The van der Waals surface area contributed by atoms with E-state index in [-0.39, 0.29) is 30.1 Å². The maximum Gasteiger partial charge on any atom is 0.317 e. The Morgan fingerprint density at radius 3 is 2.86 bits per heavy atom. The third-order valence-corrected chi connectivity index (χ3v) is 5.28. The molecule has 0 bridgehead atoms. The summed E-state index contributed by atoms with van der Waals surface area (Å²) in [6.07, 6.45) is 2.48. The first kappa shape index (κ1) is 18.5. The molecule has 0 spiro atoms. The van der Waals surface area contributed by atoms with Crippen molar-refractivity contribution in [2.24, 2.45) is 5.92 Å². The van der Waals surface area contributed by atoms with Crippen molar-refractivity contribution in [3.63, 3.8) is 0 Å². The summed E-state index contributed by atoms with van der Waals surface area (Å²) >= 11 is 0. The van der Waals surface area contributed by atoms with Crippen LogP contribution >= 0.6 is 0 Å². The van der Waals surface area contributed by atoms with E-state index in [1.807, 2.05) is 25.1 Å². The van der Waals surface area contributed by atoms with Crippen LogP contribution in [0, 0.1) is 5.92 Å². The van der Waals surface area contributed by atoms with E-state index in [9.17, 15) is 9.59 Å². The lowest BCUT2D eigenvalue weighted by atomic mass is 9.85. The Balaban J connectivity index is 1.41. The van der Waals surface area contributed by atoms with Gasteiger partial charge in [0.25, 0.3) is 5.91 Å². The summed E-state index contributed by atoms with van der Waals surface area (Å²) in [5, 5.41) is 12.6. The standard InChI is InChI=1S/C20H24N4O4/c1-2-14-10-15(28-24-14)11-21-18(25)13-7-5-12(6-8-13)17-16-4-3-9-27-19(16)23-20(26)22-17/h5-8,10,16-17,19H,2-4,9,11H2,1H3,(H,21,25)(H2,22,23,26)/t16-,17-,19-/m0/s1. The van der Waals surface area contributed by atoms with E-state index in [0.29, 0.717) is 24.5 Å². The Morgan fingerprint density at radius 2 is 2.11 bits per heavy atom. The molecule has 1 aromatic carbocycles. The Kier molecular flexibility index (Phi) is 5.29. The van der Waals surface area contributed by atoms with Crippen LogP contribution in [0.4, 0.5) is 4.79 Å². The molecule has 3 amide bonds. The Labute approximate surface area is 163 Å². The van der Waals surface area contributed by atoms with Gasteiger partial charge in [-0.15, -0.1) is 0 Å². The first-order chi connectivity index (χ1) is 13.6. The smallest absolute Gasteiger partial charge is 0.317 e. The average Bonchev–Trinajstić information content (AvgIpc) is 3.19. The van der Waals surface area contributed by atoms with Gasteiger partial charge >= 0.3 is 6.03 Å². The third kappa shape index (κ3) is 3.87. The molecular weight excluding hydrogens is 360 g/mol. The number of nitrogens with zero attached hydrogens (tertiary/aromatic N) is 1. The van der Waals surface area contributed by atoms with Gasteiger partial charge in [0.05, 0.1) is 18.3 Å². The third-order valence-electron chi connectivity index (χ3n) is 5.28. The molecule has 148 valence electrons. The molecule has 2 aliphatic rings.